The average molecular weight is 295 g/mol. The van der Waals surface area contributed by atoms with E-state index < -0.39 is 0 Å². The molecule has 5 nitrogen and oxygen atoms in total. The molecule has 0 saturated carbocycles. The molecule has 1 amide bonds. The van der Waals surface area contributed by atoms with Crippen molar-refractivity contribution in [2.45, 2.75) is 6.92 Å². The molecule has 3 aromatic rings. The van der Waals surface area contributed by atoms with Crippen LogP contribution in [0.5, 0.6) is 5.75 Å². The van der Waals surface area contributed by atoms with E-state index in [2.05, 4.69) is 10.3 Å². The zero-order valence-electron chi connectivity index (χ0n) is 12.5. The van der Waals surface area contributed by atoms with Crippen LogP contribution in [0, 0.1) is 6.92 Å². The van der Waals surface area contributed by atoms with Crippen LogP contribution >= 0.6 is 0 Å². The molecule has 0 aliphatic rings. The lowest BCUT2D eigenvalue weighted by Crippen LogP contribution is -2.21. The van der Waals surface area contributed by atoms with Gasteiger partial charge in [-0.25, -0.2) is 4.98 Å². The summed E-state index contributed by atoms with van der Waals surface area (Å²) in [6, 6.07) is 11.5. The van der Waals surface area contributed by atoms with Crippen molar-refractivity contribution in [1.29, 1.82) is 0 Å². The van der Waals surface area contributed by atoms with Crippen molar-refractivity contribution in [2.75, 3.05) is 11.9 Å². The summed E-state index contributed by atoms with van der Waals surface area (Å²) in [5.74, 6) is 1.04. The summed E-state index contributed by atoms with van der Waals surface area (Å²) < 4.78 is 7.67. The highest BCUT2D eigenvalue weighted by Crippen LogP contribution is 2.25. The van der Waals surface area contributed by atoms with Crippen molar-refractivity contribution in [2.24, 2.45) is 7.05 Å². The summed E-state index contributed by atoms with van der Waals surface area (Å²) in [6.07, 6.45) is 3.61. The highest BCUT2D eigenvalue weighted by atomic mass is 16.5. The molecule has 0 aliphatic heterocycles. The molecule has 0 saturated heterocycles. The Balaban J connectivity index is 1.69. The summed E-state index contributed by atoms with van der Waals surface area (Å²) in [5, 5.41) is 3.75. The molecular weight excluding hydrogens is 278 g/mol. The molecule has 5 heteroatoms. The number of anilines is 1. The number of fused-ring (bicyclic) bond motifs is 1. The van der Waals surface area contributed by atoms with E-state index in [1.54, 1.807) is 6.20 Å². The largest absolute Gasteiger partial charge is 0.483 e. The molecule has 2 heterocycles. The Bertz CT molecular complexity index is 824. The van der Waals surface area contributed by atoms with Crippen LogP contribution < -0.4 is 10.1 Å². The Morgan fingerprint density at radius 3 is 2.95 bits per heavy atom. The van der Waals surface area contributed by atoms with Gasteiger partial charge in [-0.15, -0.1) is 0 Å². The lowest BCUT2D eigenvalue weighted by Gasteiger charge is -2.09. The molecule has 112 valence electrons. The number of nitrogens with one attached hydrogen (secondary N) is 1. The third-order valence-electron chi connectivity index (χ3n) is 3.51. The fourth-order valence-electron chi connectivity index (χ4n) is 2.33. The Kier molecular flexibility index (Phi) is 3.78. The van der Waals surface area contributed by atoms with Crippen molar-refractivity contribution < 1.29 is 9.53 Å². The van der Waals surface area contributed by atoms with Gasteiger partial charge >= 0.3 is 0 Å². The quantitative estimate of drug-likeness (QED) is 0.805. The van der Waals surface area contributed by atoms with Crippen molar-refractivity contribution >= 4 is 22.6 Å². The third-order valence-corrected chi connectivity index (χ3v) is 3.51. The summed E-state index contributed by atoms with van der Waals surface area (Å²) in [5.41, 5.74) is 1.99. The third kappa shape index (κ3) is 2.79. The summed E-state index contributed by atoms with van der Waals surface area (Å²) in [4.78, 5) is 16.1. The van der Waals surface area contributed by atoms with Crippen LogP contribution in [0.4, 0.5) is 5.82 Å². The molecule has 0 spiro atoms. The van der Waals surface area contributed by atoms with Crippen LogP contribution in [0.3, 0.4) is 0 Å². The van der Waals surface area contributed by atoms with Gasteiger partial charge in [0.25, 0.3) is 5.91 Å². The minimum Gasteiger partial charge on any atom is -0.483 e. The number of carbonyl (C=O) groups is 1. The number of nitrogens with zero attached hydrogens (tertiary/aromatic N) is 2. The number of aromatic nitrogens is 2. The zero-order valence-corrected chi connectivity index (χ0v) is 12.5. The van der Waals surface area contributed by atoms with Crippen LogP contribution in [0.2, 0.25) is 0 Å². The molecule has 0 bridgehead atoms. The van der Waals surface area contributed by atoms with Crippen LogP contribution in [0.15, 0.2) is 48.8 Å². The Hall–Kier alpha value is -2.82. The molecule has 3 rings (SSSR count). The van der Waals surface area contributed by atoms with Gasteiger partial charge < -0.3 is 14.6 Å². The first-order chi connectivity index (χ1) is 10.6. The summed E-state index contributed by atoms with van der Waals surface area (Å²) >= 11 is 0. The Labute approximate surface area is 128 Å². The van der Waals surface area contributed by atoms with Crippen molar-refractivity contribution in [1.82, 2.24) is 9.55 Å². The van der Waals surface area contributed by atoms with Crippen molar-refractivity contribution in [3.63, 3.8) is 0 Å². The fourth-order valence-corrected chi connectivity index (χ4v) is 2.33. The molecule has 22 heavy (non-hydrogen) atoms. The number of carbonyl (C=O) groups excluding carboxylic acids is 1. The van der Waals surface area contributed by atoms with E-state index in [-0.39, 0.29) is 12.5 Å². The maximum Gasteiger partial charge on any atom is 0.263 e. The van der Waals surface area contributed by atoms with Gasteiger partial charge in [0.05, 0.1) is 5.52 Å². The summed E-state index contributed by atoms with van der Waals surface area (Å²) in [6.45, 7) is 1.85. The first-order valence-corrected chi connectivity index (χ1v) is 7.03. The van der Waals surface area contributed by atoms with E-state index in [1.807, 2.05) is 61.1 Å². The van der Waals surface area contributed by atoms with Gasteiger partial charge in [0.1, 0.15) is 11.6 Å². The predicted octanol–water partition coefficient (Wildman–Crippen LogP) is 2.90. The topological polar surface area (TPSA) is 56.1 Å². The monoisotopic (exact) mass is 295 g/mol. The Morgan fingerprint density at radius 1 is 1.27 bits per heavy atom. The van der Waals surface area contributed by atoms with E-state index in [9.17, 15) is 4.79 Å². The molecule has 0 radical (unpaired) electrons. The van der Waals surface area contributed by atoms with Gasteiger partial charge in [0.15, 0.2) is 6.61 Å². The number of hydrogen-bond donors (Lipinski definition) is 1. The second-order valence-corrected chi connectivity index (χ2v) is 5.12. The van der Waals surface area contributed by atoms with Crippen molar-refractivity contribution in [3.05, 3.63) is 54.4 Å². The van der Waals surface area contributed by atoms with Gasteiger partial charge in [0.2, 0.25) is 0 Å². The highest BCUT2D eigenvalue weighted by Gasteiger charge is 2.09. The van der Waals surface area contributed by atoms with Crippen LogP contribution in [-0.2, 0) is 11.8 Å². The molecule has 0 atom stereocenters. The van der Waals surface area contributed by atoms with Gasteiger partial charge in [-0.3, -0.25) is 4.79 Å². The second-order valence-electron chi connectivity index (χ2n) is 5.12. The maximum atomic E-state index is 12.0. The van der Waals surface area contributed by atoms with Crippen LogP contribution in [-0.4, -0.2) is 22.1 Å². The number of hydrogen-bond acceptors (Lipinski definition) is 3. The van der Waals surface area contributed by atoms with Crippen LogP contribution in [0.1, 0.15) is 5.56 Å². The lowest BCUT2D eigenvalue weighted by atomic mass is 10.2. The van der Waals surface area contributed by atoms with E-state index in [0.29, 0.717) is 11.6 Å². The van der Waals surface area contributed by atoms with E-state index in [4.69, 9.17) is 4.74 Å². The molecule has 0 unspecified atom stereocenters. The minimum atomic E-state index is -0.227. The lowest BCUT2D eigenvalue weighted by molar-refractivity contribution is -0.118. The first-order valence-electron chi connectivity index (χ1n) is 7.03. The Morgan fingerprint density at radius 2 is 2.14 bits per heavy atom. The maximum absolute atomic E-state index is 12.0. The normalized spacial score (nSPS) is 10.6. The van der Waals surface area contributed by atoms with E-state index in [1.165, 1.54) is 0 Å². The molecule has 2 aromatic heterocycles. The molecule has 1 N–H and O–H groups in total. The first kappa shape index (κ1) is 14.1. The molecule has 1 aromatic carbocycles. The number of ether oxygens (including phenoxy) is 1. The number of benzene rings is 1. The van der Waals surface area contributed by atoms with Crippen LogP contribution in [0.25, 0.3) is 10.9 Å². The SMILES string of the molecule is Cc1cccnc1NC(=O)COc1cccc2c1ccn2C. The fraction of sp³-hybridized carbons (Fsp3) is 0.176. The van der Waals surface area contributed by atoms with E-state index in [0.717, 1.165) is 16.5 Å². The molecule has 0 aliphatic carbocycles. The highest BCUT2D eigenvalue weighted by molar-refractivity contribution is 5.92. The number of rotatable bonds is 4. The second kappa shape index (κ2) is 5.89. The minimum absolute atomic E-state index is 0.0516. The van der Waals surface area contributed by atoms with Gasteiger partial charge in [-0.2, -0.15) is 0 Å². The molecule has 0 fully saturated rings. The number of aryl methyl sites for hydroxylation is 2. The average Bonchev–Trinajstić information content (AvgIpc) is 2.90. The standard InChI is InChI=1S/C17H17N3O2/c1-12-5-4-9-18-17(12)19-16(21)11-22-15-7-3-6-14-13(15)8-10-20(14)2/h3-10H,11H2,1-2H3,(H,18,19,21). The van der Waals surface area contributed by atoms with Gasteiger partial charge in [0, 0.05) is 24.8 Å². The predicted molar refractivity (Wildman–Crippen MR) is 86.0 cm³/mol. The van der Waals surface area contributed by atoms with E-state index >= 15 is 0 Å². The number of pyridine rings is 1. The zero-order chi connectivity index (χ0) is 15.5. The van der Waals surface area contributed by atoms with Crippen molar-refractivity contribution in [3.8, 4) is 5.75 Å². The smallest absolute Gasteiger partial charge is 0.263 e. The number of amides is 1. The summed E-state index contributed by atoms with van der Waals surface area (Å²) in [7, 11) is 1.97. The van der Waals surface area contributed by atoms with Gasteiger partial charge in [-0.1, -0.05) is 12.1 Å². The molecular formula is C17H17N3O2. The van der Waals surface area contributed by atoms with Gasteiger partial charge in [-0.05, 0) is 36.8 Å².